The summed E-state index contributed by atoms with van der Waals surface area (Å²) in [6.07, 6.45) is 4.68. The van der Waals surface area contributed by atoms with Crippen LogP contribution in [0.25, 0.3) is 5.69 Å². The number of hydrogen-bond donors (Lipinski definition) is 2. The number of benzene rings is 2. The highest BCUT2D eigenvalue weighted by molar-refractivity contribution is 5.92. The summed E-state index contributed by atoms with van der Waals surface area (Å²) in [7, 11) is 0. The predicted molar refractivity (Wildman–Crippen MR) is 93.8 cm³/mol. The van der Waals surface area contributed by atoms with Gasteiger partial charge in [0.05, 0.1) is 11.9 Å². The summed E-state index contributed by atoms with van der Waals surface area (Å²) in [6, 6.07) is 19.8. The molecule has 0 aliphatic heterocycles. The van der Waals surface area contributed by atoms with Crippen molar-refractivity contribution < 1.29 is 0 Å². The summed E-state index contributed by atoms with van der Waals surface area (Å²) in [5.41, 5.74) is 9.00. The first-order valence-corrected chi connectivity index (χ1v) is 7.52. The quantitative estimate of drug-likeness (QED) is 0.562. The maximum absolute atomic E-state index is 5.88. The molecule has 0 radical (unpaired) electrons. The van der Waals surface area contributed by atoms with E-state index in [4.69, 9.17) is 5.73 Å². The van der Waals surface area contributed by atoms with Gasteiger partial charge in [0.2, 0.25) is 0 Å². The van der Waals surface area contributed by atoms with Gasteiger partial charge in [-0.1, -0.05) is 36.4 Å². The topological polar surface area (TPSA) is 68.2 Å². The molecule has 0 aliphatic rings. The average molecular weight is 305 g/mol. The zero-order valence-corrected chi connectivity index (χ0v) is 12.8. The van der Waals surface area contributed by atoms with E-state index < -0.39 is 0 Å². The lowest BCUT2D eigenvalue weighted by molar-refractivity contribution is 0.879. The zero-order valence-electron chi connectivity index (χ0n) is 12.8. The summed E-state index contributed by atoms with van der Waals surface area (Å²) in [4.78, 5) is 4.34. The molecule has 3 rings (SSSR count). The van der Waals surface area contributed by atoms with Crippen molar-refractivity contribution >= 4 is 11.6 Å². The number of aliphatic imine (C=N–C) groups is 1. The summed E-state index contributed by atoms with van der Waals surface area (Å²) < 4.78 is 1.87. The molecule has 1 aromatic heterocycles. The minimum Gasteiger partial charge on any atom is -0.370 e. The average Bonchev–Trinajstić information content (AvgIpc) is 3.05. The van der Waals surface area contributed by atoms with Gasteiger partial charge < -0.3 is 11.1 Å². The number of para-hydroxylation sites is 2. The molecule has 0 aliphatic carbocycles. The molecular formula is C18H19N5. The molecule has 3 N–H and O–H groups in total. The Morgan fingerprint density at radius 2 is 1.74 bits per heavy atom. The van der Waals surface area contributed by atoms with Crippen LogP contribution in [-0.2, 0) is 6.42 Å². The van der Waals surface area contributed by atoms with Crippen LogP contribution in [0, 0.1) is 0 Å². The van der Waals surface area contributed by atoms with Gasteiger partial charge in [-0.05, 0) is 36.2 Å². The molecule has 2 aromatic carbocycles. The Labute approximate surface area is 135 Å². The van der Waals surface area contributed by atoms with Crippen molar-refractivity contribution in [3.8, 4) is 5.69 Å². The van der Waals surface area contributed by atoms with Crippen molar-refractivity contribution in [2.24, 2.45) is 10.7 Å². The van der Waals surface area contributed by atoms with Gasteiger partial charge >= 0.3 is 0 Å². The molecule has 5 nitrogen and oxygen atoms in total. The first kappa shape index (κ1) is 14.8. The third-order valence-electron chi connectivity index (χ3n) is 3.39. The van der Waals surface area contributed by atoms with Gasteiger partial charge in [-0.25, -0.2) is 4.68 Å². The van der Waals surface area contributed by atoms with Gasteiger partial charge in [-0.2, -0.15) is 5.10 Å². The molecule has 0 saturated carbocycles. The van der Waals surface area contributed by atoms with E-state index in [2.05, 4.69) is 15.4 Å². The van der Waals surface area contributed by atoms with Gasteiger partial charge in [-0.15, -0.1) is 0 Å². The molecule has 0 atom stereocenters. The van der Waals surface area contributed by atoms with E-state index >= 15 is 0 Å². The molecule has 3 aromatic rings. The van der Waals surface area contributed by atoms with Crippen LogP contribution in [0.2, 0.25) is 0 Å². The normalized spacial score (nSPS) is 11.4. The molecule has 1 heterocycles. The Balaban J connectivity index is 1.55. The van der Waals surface area contributed by atoms with E-state index in [0.29, 0.717) is 12.5 Å². The molecule has 0 amide bonds. The lowest BCUT2D eigenvalue weighted by atomic mass is 10.2. The van der Waals surface area contributed by atoms with Crippen molar-refractivity contribution in [2.45, 2.75) is 6.42 Å². The van der Waals surface area contributed by atoms with Gasteiger partial charge in [0.1, 0.15) is 0 Å². The predicted octanol–water partition coefficient (Wildman–Crippen LogP) is 2.84. The van der Waals surface area contributed by atoms with Crippen molar-refractivity contribution in [2.75, 3.05) is 11.9 Å². The summed E-state index contributed by atoms with van der Waals surface area (Å²) >= 11 is 0. The number of rotatable bonds is 5. The van der Waals surface area contributed by atoms with Crippen LogP contribution in [0.3, 0.4) is 0 Å². The number of nitrogens with one attached hydrogen (secondary N) is 1. The second kappa shape index (κ2) is 7.26. The Bertz CT molecular complexity index is 762. The van der Waals surface area contributed by atoms with Crippen LogP contribution >= 0.6 is 0 Å². The van der Waals surface area contributed by atoms with Crippen LogP contribution in [0.5, 0.6) is 0 Å². The molecule has 23 heavy (non-hydrogen) atoms. The summed E-state index contributed by atoms with van der Waals surface area (Å²) in [5.74, 6) is 0.423. The first-order chi connectivity index (χ1) is 11.3. The Kier molecular flexibility index (Phi) is 4.69. The van der Waals surface area contributed by atoms with Gasteiger partial charge in [0, 0.05) is 18.4 Å². The summed E-state index contributed by atoms with van der Waals surface area (Å²) in [5, 5.41) is 7.44. The highest BCUT2D eigenvalue weighted by Gasteiger charge is 2.00. The number of guanidine groups is 1. The Morgan fingerprint density at radius 1 is 1.04 bits per heavy atom. The SMILES string of the molecule is NC(=NCCc1cnn(-c2ccccc2)c1)Nc1ccccc1. The number of nitrogens with two attached hydrogens (primary N) is 1. The van der Waals surface area contributed by atoms with Crippen LogP contribution in [0.4, 0.5) is 5.69 Å². The van der Waals surface area contributed by atoms with Crippen molar-refractivity contribution in [1.29, 1.82) is 0 Å². The fourth-order valence-corrected chi connectivity index (χ4v) is 2.23. The smallest absolute Gasteiger partial charge is 0.193 e. The monoisotopic (exact) mass is 305 g/mol. The molecule has 5 heteroatoms. The lowest BCUT2D eigenvalue weighted by Gasteiger charge is -2.04. The molecule has 0 unspecified atom stereocenters. The maximum atomic E-state index is 5.88. The molecule has 0 spiro atoms. The van der Waals surface area contributed by atoms with Crippen LogP contribution in [-0.4, -0.2) is 22.3 Å². The van der Waals surface area contributed by atoms with Gasteiger partial charge in [0.25, 0.3) is 0 Å². The molecule has 116 valence electrons. The summed E-state index contributed by atoms with van der Waals surface area (Å²) in [6.45, 7) is 0.617. The van der Waals surface area contributed by atoms with E-state index in [1.807, 2.05) is 77.7 Å². The first-order valence-electron chi connectivity index (χ1n) is 7.52. The van der Waals surface area contributed by atoms with Crippen LogP contribution in [0.15, 0.2) is 78.0 Å². The minimum atomic E-state index is 0.423. The third-order valence-corrected chi connectivity index (χ3v) is 3.39. The van der Waals surface area contributed by atoms with Crippen LogP contribution in [0.1, 0.15) is 5.56 Å². The van der Waals surface area contributed by atoms with E-state index in [9.17, 15) is 0 Å². The van der Waals surface area contributed by atoms with Crippen molar-refractivity contribution in [3.63, 3.8) is 0 Å². The third kappa shape index (κ3) is 4.20. The van der Waals surface area contributed by atoms with E-state index in [1.165, 1.54) is 0 Å². The number of hydrogen-bond acceptors (Lipinski definition) is 2. The number of aromatic nitrogens is 2. The Morgan fingerprint density at radius 3 is 2.48 bits per heavy atom. The second-order valence-electron chi connectivity index (χ2n) is 5.14. The molecular weight excluding hydrogens is 286 g/mol. The van der Waals surface area contributed by atoms with Gasteiger partial charge in [-0.3, -0.25) is 4.99 Å². The van der Waals surface area contributed by atoms with E-state index in [-0.39, 0.29) is 0 Å². The minimum absolute atomic E-state index is 0.423. The number of nitrogens with zero attached hydrogens (tertiary/aromatic N) is 3. The van der Waals surface area contributed by atoms with E-state index in [0.717, 1.165) is 23.4 Å². The van der Waals surface area contributed by atoms with Gasteiger partial charge in [0.15, 0.2) is 5.96 Å². The van der Waals surface area contributed by atoms with Crippen LogP contribution < -0.4 is 11.1 Å². The largest absolute Gasteiger partial charge is 0.370 e. The molecule has 0 fully saturated rings. The fourth-order valence-electron chi connectivity index (χ4n) is 2.23. The standard InChI is InChI=1S/C18H19N5/c19-18(22-16-7-3-1-4-8-16)20-12-11-15-13-21-23(14-15)17-9-5-2-6-10-17/h1-10,13-14H,11-12H2,(H3,19,20,22). The second-order valence-corrected chi connectivity index (χ2v) is 5.14. The highest BCUT2D eigenvalue weighted by atomic mass is 15.3. The zero-order chi connectivity index (χ0) is 15.9. The molecule has 0 saturated heterocycles. The Hall–Kier alpha value is -3.08. The number of anilines is 1. The van der Waals surface area contributed by atoms with Crippen molar-refractivity contribution in [3.05, 3.63) is 78.6 Å². The fraction of sp³-hybridized carbons (Fsp3) is 0.111. The van der Waals surface area contributed by atoms with E-state index in [1.54, 1.807) is 0 Å². The highest BCUT2D eigenvalue weighted by Crippen LogP contribution is 2.08. The lowest BCUT2D eigenvalue weighted by Crippen LogP contribution is -2.22. The molecule has 0 bridgehead atoms. The van der Waals surface area contributed by atoms with Crippen molar-refractivity contribution in [1.82, 2.24) is 9.78 Å². The maximum Gasteiger partial charge on any atom is 0.193 e.